The number of ether oxygens (including phenoxy) is 2. The first-order valence-corrected chi connectivity index (χ1v) is 4.39. The van der Waals surface area contributed by atoms with Gasteiger partial charge in [-0.1, -0.05) is 6.07 Å². The summed E-state index contributed by atoms with van der Waals surface area (Å²) < 4.78 is 10.5. The summed E-state index contributed by atoms with van der Waals surface area (Å²) in [6.07, 6.45) is 0. The zero-order valence-electron chi connectivity index (χ0n) is 7.82. The van der Waals surface area contributed by atoms with Gasteiger partial charge >= 0.3 is 0 Å². The summed E-state index contributed by atoms with van der Waals surface area (Å²) in [6.45, 7) is 3.86. The average molecular weight is 181 g/mol. The lowest BCUT2D eigenvalue weighted by Gasteiger charge is -2.06. The maximum atomic E-state index is 5.58. The minimum Gasteiger partial charge on any atom is -0.491 e. The van der Waals surface area contributed by atoms with E-state index in [1.54, 1.807) is 6.07 Å². The van der Waals surface area contributed by atoms with Crippen molar-refractivity contribution in [1.29, 1.82) is 0 Å². The molecule has 0 heterocycles. The van der Waals surface area contributed by atoms with Crippen LogP contribution in [0.5, 0.6) is 5.75 Å². The van der Waals surface area contributed by atoms with E-state index in [2.05, 4.69) is 0 Å². The molecule has 0 radical (unpaired) electrons. The zero-order chi connectivity index (χ0) is 9.52. The van der Waals surface area contributed by atoms with Crippen LogP contribution in [0, 0.1) is 0 Å². The Morgan fingerprint density at radius 1 is 1.31 bits per heavy atom. The fraction of sp³-hybridized carbons (Fsp3) is 0.400. The number of benzene rings is 1. The van der Waals surface area contributed by atoms with E-state index >= 15 is 0 Å². The summed E-state index contributed by atoms with van der Waals surface area (Å²) in [7, 11) is 0. The standard InChI is InChI=1S/C10H15NO2/c1-2-12-6-7-13-10-5-3-4-9(11)8-10/h3-5,8H,2,6-7,11H2,1H3. The first kappa shape index (κ1) is 9.86. The minimum absolute atomic E-state index is 0.567. The molecule has 0 spiro atoms. The van der Waals surface area contributed by atoms with E-state index in [0.29, 0.717) is 18.9 Å². The molecule has 0 saturated carbocycles. The molecule has 0 saturated heterocycles. The summed E-state index contributed by atoms with van der Waals surface area (Å²) in [5.74, 6) is 0.791. The molecule has 2 N–H and O–H groups in total. The summed E-state index contributed by atoms with van der Waals surface area (Å²) >= 11 is 0. The predicted molar refractivity (Wildman–Crippen MR) is 52.8 cm³/mol. The van der Waals surface area contributed by atoms with E-state index in [0.717, 1.165) is 12.4 Å². The second-order valence-corrected chi connectivity index (χ2v) is 2.62. The number of nitrogen functional groups attached to an aromatic ring is 1. The molecule has 0 bridgehead atoms. The molecule has 0 aromatic heterocycles. The van der Waals surface area contributed by atoms with Crippen molar-refractivity contribution in [1.82, 2.24) is 0 Å². The molecule has 3 heteroatoms. The molecular formula is C10H15NO2. The maximum Gasteiger partial charge on any atom is 0.121 e. The van der Waals surface area contributed by atoms with Crippen molar-refractivity contribution in [2.45, 2.75) is 6.92 Å². The minimum atomic E-state index is 0.567. The van der Waals surface area contributed by atoms with Crippen LogP contribution in [0.2, 0.25) is 0 Å². The zero-order valence-corrected chi connectivity index (χ0v) is 7.82. The van der Waals surface area contributed by atoms with Crippen molar-refractivity contribution in [2.75, 3.05) is 25.6 Å². The molecule has 0 atom stereocenters. The van der Waals surface area contributed by atoms with E-state index in [4.69, 9.17) is 15.2 Å². The normalized spacial score (nSPS) is 9.92. The van der Waals surface area contributed by atoms with Crippen LogP contribution in [-0.2, 0) is 4.74 Å². The van der Waals surface area contributed by atoms with E-state index in [1.165, 1.54) is 0 Å². The third kappa shape index (κ3) is 3.80. The van der Waals surface area contributed by atoms with Crippen LogP contribution in [0.4, 0.5) is 5.69 Å². The first-order chi connectivity index (χ1) is 6.33. The molecule has 1 aromatic carbocycles. The molecule has 13 heavy (non-hydrogen) atoms. The quantitative estimate of drug-likeness (QED) is 0.555. The van der Waals surface area contributed by atoms with E-state index in [-0.39, 0.29) is 0 Å². The highest BCUT2D eigenvalue weighted by Gasteiger charge is 1.93. The van der Waals surface area contributed by atoms with E-state index in [9.17, 15) is 0 Å². The molecule has 0 aliphatic carbocycles. The Morgan fingerprint density at radius 2 is 2.15 bits per heavy atom. The van der Waals surface area contributed by atoms with Crippen LogP contribution in [0.1, 0.15) is 6.92 Å². The highest BCUT2D eigenvalue weighted by molar-refractivity contribution is 5.43. The third-order valence-electron chi connectivity index (χ3n) is 1.56. The Bertz CT molecular complexity index is 250. The molecule has 72 valence electrons. The molecule has 3 nitrogen and oxygen atoms in total. The number of anilines is 1. The second-order valence-electron chi connectivity index (χ2n) is 2.62. The van der Waals surface area contributed by atoms with Crippen molar-refractivity contribution in [2.24, 2.45) is 0 Å². The Labute approximate surface area is 78.5 Å². The van der Waals surface area contributed by atoms with Crippen molar-refractivity contribution in [3.63, 3.8) is 0 Å². The molecule has 0 fully saturated rings. The smallest absolute Gasteiger partial charge is 0.121 e. The maximum absolute atomic E-state index is 5.58. The van der Waals surface area contributed by atoms with Gasteiger partial charge in [-0.2, -0.15) is 0 Å². The second kappa shape index (κ2) is 5.43. The summed E-state index contributed by atoms with van der Waals surface area (Å²) in [5.41, 5.74) is 6.29. The first-order valence-electron chi connectivity index (χ1n) is 4.39. The summed E-state index contributed by atoms with van der Waals surface area (Å²) in [6, 6.07) is 7.37. The highest BCUT2D eigenvalue weighted by Crippen LogP contribution is 2.13. The van der Waals surface area contributed by atoms with Gasteiger partial charge in [0.2, 0.25) is 0 Å². The van der Waals surface area contributed by atoms with Gasteiger partial charge in [0.15, 0.2) is 0 Å². The molecule has 0 unspecified atom stereocenters. The van der Waals surface area contributed by atoms with Crippen LogP contribution in [0.15, 0.2) is 24.3 Å². The van der Waals surface area contributed by atoms with Gasteiger partial charge in [-0.05, 0) is 19.1 Å². The lowest BCUT2D eigenvalue weighted by molar-refractivity contribution is 0.110. The van der Waals surface area contributed by atoms with Gasteiger partial charge in [-0.25, -0.2) is 0 Å². The Hall–Kier alpha value is -1.22. The van der Waals surface area contributed by atoms with Gasteiger partial charge in [0.25, 0.3) is 0 Å². The molecule has 1 aromatic rings. The number of rotatable bonds is 5. The van der Waals surface area contributed by atoms with E-state index < -0.39 is 0 Å². The van der Waals surface area contributed by atoms with Gasteiger partial charge in [0.05, 0.1) is 6.61 Å². The van der Waals surface area contributed by atoms with Crippen molar-refractivity contribution in [3.8, 4) is 5.75 Å². The van der Waals surface area contributed by atoms with Crippen LogP contribution < -0.4 is 10.5 Å². The van der Waals surface area contributed by atoms with Crippen molar-refractivity contribution >= 4 is 5.69 Å². The third-order valence-corrected chi connectivity index (χ3v) is 1.56. The largest absolute Gasteiger partial charge is 0.491 e. The van der Waals surface area contributed by atoms with E-state index in [1.807, 2.05) is 25.1 Å². The number of hydrogen-bond acceptors (Lipinski definition) is 3. The number of hydrogen-bond donors (Lipinski definition) is 1. The van der Waals surface area contributed by atoms with Gasteiger partial charge in [-0.3, -0.25) is 0 Å². The molecule has 0 aliphatic heterocycles. The van der Waals surface area contributed by atoms with Crippen LogP contribution in [-0.4, -0.2) is 19.8 Å². The average Bonchev–Trinajstić information content (AvgIpc) is 2.13. The van der Waals surface area contributed by atoms with Gasteiger partial charge in [0, 0.05) is 18.4 Å². The Balaban J connectivity index is 2.28. The predicted octanol–water partition coefficient (Wildman–Crippen LogP) is 1.68. The topological polar surface area (TPSA) is 44.5 Å². The number of nitrogens with two attached hydrogens (primary N) is 1. The summed E-state index contributed by atoms with van der Waals surface area (Å²) in [5, 5.41) is 0. The van der Waals surface area contributed by atoms with Crippen LogP contribution in [0.25, 0.3) is 0 Å². The van der Waals surface area contributed by atoms with Gasteiger partial charge < -0.3 is 15.2 Å². The monoisotopic (exact) mass is 181 g/mol. The van der Waals surface area contributed by atoms with Crippen LogP contribution in [0.3, 0.4) is 0 Å². The SMILES string of the molecule is CCOCCOc1cccc(N)c1. The molecule has 0 aliphatic rings. The fourth-order valence-corrected chi connectivity index (χ4v) is 0.967. The molecular weight excluding hydrogens is 166 g/mol. The molecule has 0 amide bonds. The van der Waals surface area contributed by atoms with Gasteiger partial charge in [-0.15, -0.1) is 0 Å². The lowest BCUT2D eigenvalue weighted by atomic mass is 10.3. The van der Waals surface area contributed by atoms with Gasteiger partial charge in [0.1, 0.15) is 12.4 Å². The Morgan fingerprint density at radius 3 is 2.85 bits per heavy atom. The highest BCUT2D eigenvalue weighted by atomic mass is 16.5. The molecule has 1 rings (SSSR count). The van der Waals surface area contributed by atoms with Crippen molar-refractivity contribution in [3.05, 3.63) is 24.3 Å². The lowest BCUT2D eigenvalue weighted by Crippen LogP contribution is -2.06. The van der Waals surface area contributed by atoms with Crippen molar-refractivity contribution < 1.29 is 9.47 Å². The van der Waals surface area contributed by atoms with Crippen LogP contribution >= 0.6 is 0 Å². The Kier molecular flexibility index (Phi) is 4.12. The summed E-state index contributed by atoms with van der Waals surface area (Å²) in [4.78, 5) is 0. The fourth-order valence-electron chi connectivity index (χ4n) is 0.967.